The molecule has 0 radical (unpaired) electrons. The minimum absolute atomic E-state index is 0.180. The summed E-state index contributed by atoms with van der Waals surface area (Å²) in [6.45, 7) is 4.67. The number of carbonyl (C=O) groups is 1. The van der Waals surface area contributed by atoms with Gasteiger partial charge >= 0.3 is 5.97 Å². The van der Waals surface area contributed by atoms with E-state index in [1.54, 1.807) is 31.2 Å². The zero-order valence-corrected chi connectivity index (χ0v) is 18.9. The molecule has 0 heterocycles. The molecule has 31 heavy (non-hydrogen) atoms. The zero-order chi connectivity index (χ0) is 22.9. The molecule has 0 aliphatic rings. The highest BCUT2D eigenvalue weighted by Crippen LogP contribution is 2.17. The number of sulfonamides is 1. The number of hydrogen-bond acceptors (Lipinski definition) is 7. The number of likely N-dealkylation sites (N-methyl/N-ethyl adjacent to an activating group) is 1. The number of nitrogens with two attached hydrogens (primary N) is 1. The molecule has 0 aliphatic carbocycles. The molecular formula is C22H30N2O6S. The van der Waals surface area contributed by atoms with Crippen LogP contribution in [0.1, 0.15) is 19.4 Å². The molecule has 2 rings (SSSR count). The van der Waals surface area contributed by atoms with Gasteiger partial charge in [0.1, 0.15) is 12.4 Å². The minimum Gasteiger partial charge on any atom is -0.492 e. The Hall–Kier alpha value is -2.62. The van der Waals surface area contributed by atoms with Gasteiger partial charge < -0.3 is 19.9 Å². The van der Waals surface area contributed by atoms with Crippen molar-refractivity contribution >= 4 is 21.7 Å². The van der Waals surface area contributed by atoms with Gasteiger partial charge in [-0.1, -0.05) is 12.1 Å². The van der Waals surface area contributed by atoms with E-state index >= 15 is 0 Å². The average molecular weight is 451 g/mol. The maximum Gasteiger partial charge on any atom is 0.335 e. The van der Waals surface area contributed by atoms with E-state index in [-0.39, 0.29) is 24.0 Å². The van der Waals surface area contributed by atoms with Crippen molar-refractivity contribution in [3.05, 3.63) is 54.1 Å². The fourth-order valence-electron chi connectivity index (χ4n) is 2.81. The molecule has 0 spiro atoms. The van der Waals surface area contributed by atoms with Gasteiger partial charge in [0.15, 0.2) is 6.10 Å². The van der Waals surface area contributed by atoms with Crippen molar-refractivity contribution in [3.63, 3.8) is 0 Å². The van der Waals surface area contributed by atoms with Crippen LogP contribution < -0.4 is 10.5 Å². The minimum atomic E-state index is -3.61. The number of rotatable bonds is 12. The molecule has 1 atom stereocenters. The smallest absolute Gasteiger partial charge is 0.335 e. The summed E-state index contributed by atoms with van der Waals surface area (Å²) >= 11 is 0. The zero-order valence-electron chi connectivity index (χ0n) is 18.1. The molecular weight excluding hydrogens is 420 g/mol. The van der Waals surface area contributed by atoms with Crippen LogP contribution in [0.4, 0.5) is 5.69 Å². The number of hydrogen-bond donors (Lipinski definition) is 1. The molecule has 2 aromatic carbocycles. The van der Waals surface area contributed by atoms with Gasteiger partial charge in [0.05, 0.1) is 11.5 Å². The van der Waals surface area contributed by atoms with Gasteiger partial charge in [-0.05, 0) is 55.8 Å². The van der Waals surface area contributed by atoms with E-state index in [0.29, 0.717) is 31.1 Å². The molecule has 8 nitrogen and oxygen atoms in total. The largest absolute Gasteiger partial charge is 0.492 e. The predicted molar refractivity (Wildman–Crippen MR) is 118 cm³/mol. The highest BCUT2D eigenvalue weighted by molar-refractivity contribution is 7.89. The lowest BCUT2D eigenvalue weighted by Crippen LogP contribution is -2.31. The summed E-state index contributed by atoms with van der Waals surface area (Å²) in [4.78, 5) is 12.2. The summed E-state index contributed by atoms with van der Waals surface area (Å²) in [6, 6.07) is 13.3. The van der Waals surface area contributed by atoms with Gasteiger partial charge in [-0.15, -0.1) is 0 Å². The predicted octanol–water partition coefficient (Wildman–Crippen LogP) is 2.48. The lowest BCUT2D eigenvalue weighted by Gasteiger charge is -2.18. The van der Waals surface area contributed by atoms with Crippen molar-refractivity contribution in [3.8, 4) is 5.75 Å². The lowest BCUT2D eigenvalue weighted by atomic mass is 10.1. The second kappa shape index (κ2) is 11.7. The molecule has 0 aliphatic heterocycles. The number of ether oxygens (including phenoxy) is 3. The number of benzene rings is 2. The van der Waals surface area contributed by atoms with Gasteiger partial charge in [-0.25, -0.2) is 13.2 Å². The number of carbonyl (C=O) groups excluding carboxylic acids is 1. The molecule has 0 fully saturated rings. The Morgan fingerprint density at radius 3 is 2.26 bits per heavy atom. The third-order valence-corrected chi connectivity index (χ3v) is 6.40. The third-order valence-electron chi connectivity index (χ3n) is 4.52. The third kappa shape index (κ3) is 7.23. The fraction of sp³-hybridized carbons (Fsp3) is 0.409. The lowest BCUT2D eigenvalue weighted by molar-refractivity contribution is -0.156. The maximum atomic E-state index is 12.6. The van der Waals surface area contributed by atoms with Crippen molar-refractivity contribution in [1.82, 2.24) is 4.31 Å². The van der Waals surface area contributed by atoms with Gasteiger partial charge in [-0.3, -0.25) is 0 Å². The van der Waals surface area contributed by atoms with Crippen LogP contribution in [0.5, 0.6) is 5.75 Å². The summed E-state index contributed by atoms with van der Waals surface area (Å²) < 4.78 is 42.6. The van der Waals surface area contributed by atoms with E-state index in [4.69, 9.17) is 19.9 Å². The normalized spacial score (nSPS) is 12.5. The monoisotopic (exact) mass is 450 g/mol. The Morgan fingerprint density at radius 2 is 1.68 bits per heavy atom. The van der Waals surface area contributed by atoms with Crippen LogP contribution in [-0.4, -0.2) is 58.2 Å². The molecule has 0 saturated carbocycles. The van der Waals surface area contributed by atoms with E-state index in [1.807, 2.05) is 19.1 Å². The molecule has 0 saturated heterocycles. The highest BCUT2D eigenvalue weighted by Gasteiger charge is 2.21. The summed E-state index contributed by atoms with van der Waals surface area (Å²) in [5, 5.41) is 0. The molecule has 9 heteroatoms. The van der Waals surface area contributed by atoms with Crippen molar-refractivity contribution < 1.29 is 27.4 Å². The van der Waals surface area contributed by atoms with Crippen LogP contribution in [0.3, 0.4) is 0 Å². The molecule has 0 bridgehead atoms. The van der Waals surface area contributed by atoms with Crippen molar-refractivity contribution in [2.24, 2.45) is 0 Å². The Labute approximate surface area is 184 Å². The second-order valence-electron chi connectivity index (χ2n) is 6.79. The molecule has 0 unspecified atom stereocenters. The van der Waals surface area contributed by atoms with E-state index in [1.165, 1.54) is 23.5 Å². The van der Waals surface area contributed by atoms with E-state index in [2.05, 4.69) is 0 Å². The Kier molecular flexibility index (Phi) is 9.29. The first-order chi connectivity index (χ1) is 14.8. The standard InChI is InChI=1S/C22H30N2O6S/c1-4-28-21(22(25)29-5-2)16-17-6-10-19(11-7-17)30-15-14-24(3)31(26,27)20-12-8-18(23)9-13-20/h6-13,21H,4-5,14-16,23H2,1-3H3/t21-/m0/s1. The summed E-state index contributed by atoms with van der Waals surface area (Å²) in [5.41, 5.74) is 7.02. The molecule has 170 valence electrons. The van der Waals surface area contributed by atoms with E-state index < -0.39 is 16.1 Å². The number of nitrogens with zero attached hydrogens (tertiary/aromatic N) is 1. The summed E-state index contributed by atoms with van der Waals surface area (Å²) in [7, 11) is -2.11. The Bertz CT molecular complexity index is 929. The van der Waals surface area contributed by atoms with Gasteiger partial charge in [0.2, 0.25) is 10.0 Å². The average Bonchev–Trinajstić information content (AvgIpc) is 2.75. The fourth-order valence-corrected chi connectivity index (χ4v) is 3.97. The van der Waals surface area contributed by atoms with Crippen LogP contribution in [0.25, 0.3) is 0 Å². The summed E-state index contributed by atoms with van der Waals surface area (Å²) in [5.74, 6) is 0.223. The number of nitrogen functional groups attached to an aromatic ring is 1. The van der Waals surface area contributed by atoms with Gasteiger partial charge in [0, 0.05) is 32.3 Å². The van der Waals surface area contributed by atoms with Crippen LogP contribution >= 0.6 is 0 Å². The molecule has 0 aromatic heterocycles. The first-order valence-electron chi connectivity index (χ1n) is 10.1. The SMILES string of the molecule is CCOC(=O)[C@H](Cc1ccc(OCCN(C)S(=O)(=O)c2ccc(N)cc2)cc1)OCC. The van der Waals surface area contributed by atoms with Crippen molar-refractivity contribution in [1.29, 1.82) is 0 Å². The first kappa shape index (κ1) is 24.6. The topological polar surface area (TPSA) is 108 Å². The molecule has 2 N–H and O–H groups in total. The van der Waals surface area contributed by atoms with Gasteiger partial charge in [0.25, 0.3) is 0 Å². The summed E-state index contributed by atoms with van der Waals surface area (Å²) in [6.07, 6.45) is -0.251. The number of anilines is 1. The highest BCUT2D eigenvalue weighted by atomic mass is 32.2. The second-order valence-corrected chi connectivity index (χ2v) is 8.83. The van der Waals surface area contributed by atoms with Crippen molar-refractivity contribution in [2.75, 3.05) is 39.1 Å². The Morgan fingerprint density at radius 1 is 1.03 bits per heavy atom. The quantitative estimate of drug-likeness (QED) is 0.391. The van der Waals surface area contributed by atoms with Gasteiger partial charge in [-0.2, -0.15) is 4.31 Å². The molecule has 2 aromatic rings. The molecule has 0 amide bonds. The van der Waals surface area contributed by atoms with Crippen LogP contribution in [0.15, 0.2) is 53.4 Å². The first-order valence-corrected chi connectivity index (χ1v) is 11.5. The van der Waals surface area contributed by atoms with E-state index in [9.17, 15) is 13.2 Å². The van der Waals surface area contributed by atoms with Crippen LogP contribution in [0, 0.1) is 0 Å². The van der Waals surface area contributed by atoms with Crippen LogP contribution in [-0.2, 0) is 30.7 Å². The number of esters is 1. The Balaban J connectivity index is 1.89. The van der Waals surface area contributed by atoms with Crippen LogP contribution in [0.2, 0.25) is 0 Å². The van der Waals surface area contributed by atoms with Crippen molar-refractivity contribution in [2.45, 2.75) is 31.3 Å². The van der Waals surface area contributed by atoms with E-state index in [0.717, 1.165) is 5.56 Å². The maximum absolute atomic E-state index is 12.6.